The monoisotopic (exact) mass is 334 g/mol. The fraction of sp³-hybridized carbons (Fsp3) is 0.538. The summed E-state index contributed by atoms with van der Waals surface area (Å²) < 4.78 is 16.2. The smallest absolute Gasteiger partial charge is 0.133 e. The molecule has 2 N–H and O–H groups in total. The third-order valence-corrected chi connectivity index (χ3v) is 2.97. The molecule has 1 atom stereocenters. The first-order valence-corrected chi connectivity index (χ1v) is 6.73. The minimum Gasteiger partial charge on any atom is -0.490 e. The van der Waals surface area contributed by atoms with E-state index in [1.165, 1.54) is 0 Å². The Morgan fingerprint density at radius 1 is 1.26 bits per heavy atom. The molecule has 1 aromatic carbocycles. The summed E-state index contributed by atoms with van der Waals surface area (Å²) in [6.45, 7) is 1.28. The van der Waals surface area contributed by atoms with Crippen molar-refractivity contribution >= 4 is 15.9 Å². The summed E-state index contributed by atoms with van der Waals surface area (Å²) in [5.74, 6) is 0.619. The molecule has 0 spiro atoms. The third kappa shape index (κ3) is 6.35. The lowest BCUT2D eigenvalue weighted by atomic mass is 10.2. The minimum absolute atomic E-state index is 0.0190. The predicted octanol–water partition coefficient (Wildman–Crippen LogP) is 1.34. The molecule has 108 valence electrons. The molecule has 0 bridgehead atoms. The van der Waals surface area contributed by atoms with Gasteiger partial charge >= 0.3 is 0 Å². The van der Waals surface area contributed by atoms with E-state index in [0.29, 0.717) is 19.0 Å². The van der Waals surface area contributed by atoms with E-state index in [4.69, 9.17) is 19.3 Å². The van der Waals surface area contributed by atoms with Crippen molar-refractivity contribution < 1.29 is 24.4 Å². The lowest BCUT2D eigenvalue weighted by Crippen LogP contribution is -2.24. The second-order valence-corrected chi connectivity index (χ2v) is 4.81. The second kappa shape index (κ2) is 9.28. The zero-order valence-electron chi connectivity index (χ0n) is 10.8. The van der Waals surface area contributed by atoms with Crippen LogP contribution in [0.15, 0.2) is 22.7 Å². The zero-order chi connectivity index (χ0) is 14.1. The average molecular weight is 335 g/mol. The fourth-order valence-electron chi connectivity index (χ4n) is 1.36. The number of hydrogen-bond donors (Lipinski definition) is 2. The van der Waals surface area contributed by atoms with Crippen molar-refractivity contribution in [2.45, 2.75) is 12.7 Å². The molecule has 1 rings (SSSR count). The highest BCUT2D eigenvalue weighted by molar-refractivity contribution is 9.10. The van der Waals surface area contributed by atoms with Gasteiger partial charge in [-0.3, -0.25) is 0 Å². The Morgan fingerprint density at radius 3 is 2.68 bits per heavy atom. The number of halogens is 1. The molecule has 0 aliphatic heterocycles. The van der Waals surface area contributed by atoms with Crippen molar-refractivity contribution in [1.29, 1.82) is 0 Å². The lowest BCUT2D eigenvalue weighted by Gasteiger charge is -2.14. The highest BCUT2D eigenvalue weighted by atomic mass is 79.9. The van der Waals surface area contributed by atoms with Gasteiger partial charge < -0.3 is 24.4 Å². The van der Waals surface area contributed by atoms with Gasteiger partial charge in [0.25, 0.3) is 0 Å². The molecule has 0 saturated carbocycles. The van der Waals surface area contributed by atoms with Crippen molar-refractivity contribution in [2.75, 3.05) is 33.5 Å². The van der Waals surface area contributed by atoms with Crippen LogP contribution < -0.4 is 4.74 Å². The predicted molar refractivity (Wildman–Crippen MR) is 74.3 cm³/mol. The van der Waals surface area contributed by atoms with Gasteiger partial charge in [0.2, 0.25) is 0 Å². The van der Waals surface area contributed by atoms with Crippen LogP contribution >= 0.6 is 15.9 Å². The van der Waals surface area contributed by atoms with Crippen LogP contribution in [0.3, 0.4) is 0 Å². The van der Waals surface area contributed by atoms with Crippen molar-refractivity contribution in [3.8, 4) is 5.75 Å². The first kappa shape index (κ1) is 16.4. The quantitative estimate of drug-likeness (QED) is 0.667. The van der Waals surface area contributed by atoms with Crippen molar-refractivity contribution in [1.82, 2.24) is 0 Å². The van der Waals surface area contributed by atoms with Gasteiger partial charge in [-0.1, -0.05) is 6.07 Å². The van der Waals surface area contributed by atoms with Gasteiger partial charge in [0.15, 0.2) is 0 Å². The van der Waals surface area contributed by atoms with Crippen LogP contribution in [-0.2, 0) is 16.1 Å². The summed E-state index contributed by atoms with van der Waals surface area (Å²) in [6.07, 6.45) is -0.693. The maximum absolute atomic E-state index is 9.66. The minimum atomic E-state index is -0.693. The summed E-state index contributed by atoms with van der Waals surface area (Å²) >= 11 is 3.35. The van der Waals surface area contributed by atoms with Crippen LogP contribution in [0.2, 0.25) is 0 Å². The standard InChI is InChI=1S/C13H19BrO5/c1-17-4-5-18-8-11(16)9-19-13-3-2-10(7-15)6-12(13)14/h2-3,6,11,15-16H,4-5,7-9H2,1H3. The fourth-order valence-corrected chi connectivity index (χ4v) is 1.90. The van der Waals surface area contributed by atoms with E-state index >= 15 is 0 Å². The molecule has 0 aliphatic carbocycles. The van der Waals surface area contributed by atoms with E-state index in [1.807, 2.05) is 0 Å². The molecule has 5 nitrogen and oxygen atoms in total. The van der Waals surface area contributed by atoms with Gasteiger partial charge in [0.05, 0.1) is 30.9 Å². The first-order valence-electron chi connectivity index (χ1n) is 5.94. The highest BCUT2D eigenvalue weighted by Gasteiger charge is 2.08. The molecule has 0 aromatic heterocycles. The van der Waals surface area contributed by atoms with Crippen molar-refractivity contribution in [2.24, 2.45) is 0 Å². The largest absolute Gasteiger partial charge is 0.490 e. The Balaban J connectivity index is 2.31. The summed E-state index contributed by atoms with van der Waals surface area (Å²) in [5, 5.41) is 18.6. The first-order chi connectivity index (χ1) is 9.17. The van der Waals surface area contributed by atoms with Crippen LogP contribution in [0.25, 0.3) is 0 Å². The van der Waals surface area contributed by atoms with Gasteiger partial charge in [-0.2, -0.15) is 0 Å². The molecule has 0 saturated heterocycles. The molecule has 0 amide bonds. The number of aliphatic hydroxyl groups is 2. The number of hydrogen-bond acceptors (Lipinski definition) is 5. The van der Waals surface area contributed by atoms with Crippen LogP contribution in [0.5, 0.6) is 5.75 Å². The van der Waals surface area contributed by atoms with Crippen LogP contribution in [0, 0.1) is 0 Å². The normalized spacial score (nSPS) is 12.4. The molecule has 1 unspecified atom stereocenters. The van der Waals surface area contributed by atoms with Crippen molar-refractivity contribution in [3.63, 3.8) is 0 Å². The maximum atomic E-state index is 9.66. The maximum Gasteiger partial charge on any atom is 0.133 e. The Morgan fingerprint density at radius 2 is 2.05 bits per heavy atom. The molecule has 0 fully saturated rings. The Labute approximate surface area is 121 Å². The van der Waals surface area contributed by atoms with Gasteiger partial charge in [0.1, 0.15) is 18.5 Å². The molecule has 0 radical (unpaired) electrons. The van der Waals surface area contributed by atoms with Crippen LogP contribution in [0.1, 0.15) is 5.56 Å². The SMILES string of the molecule is COCCOCC(O)COc1ccc(CO)cc1Br. The number of ether oxygens (including phenoxy) is 3. The molecular formula is C13H19BrO5. The van der Waals surface area contributed by atoms with Gasteiger partial charge in [-0.05, 0) is 33.6 Å². The summed E-state index contributed by atoms with van der Waals surface area (Å²) in [4.78, 5) is 0. The Kier molecular flexibility index (Phi) is 8.00. The zero-order valence-corrected chi connectivity index (χ0v) is 12.4. The third-order valence-electron chi connectivity index (χ3n) is 2.35. The summed E-state index contributed by atoms with van der Waals surface area (Å²) in [6, 6.07) is 5.28. The molecule has 19 heavy (non-hydrogen) atoms. The number of benzene rings is 1. The van der Waals surface area contributed by atoms with E-state index in [2.05, 4.69) is 15.9 Å². The summed E-state index contributed by atoms with van der Waals surface area (Å²) in [7, 11) is 1.59. The summed E-state index contributed by atoms with van der Waals surface area (Å²) in [5.41, 5.74) is 0.794. The van der Waals surface area contributed by atoms with Gasteiger partial charge in [-0.15, -0.1) is 0 Å². The van der Waals surface area contributed by atoms with E-state index in [9.17, 15) is 5.11 Å². The van der Waals surface area contributed by atoms with Gasteiger partial charge in [0, 0.05) is 7.11 Å². The van der Waals surface area contributed by atoms with Crippen LogP contribution in [-0.4, -0.2) is 49.9 Å². The topological polar surface area (TPSA) is 68.2 Å². The number of rotatable bonds is 9. The molecular weight excluding hydrogens is 316 g/mol. The van der Waals surface area contributed by atoms with E-state index < -0.39 is 6.10 Å². The van der Waals surface area contributed by atoms with E-state index in [1.54, 1.807) is 25.3 Å². The lowest BCUT2D eigenvalue weighted by molar-refractivity contribution is -0.00430. The second-order valence-electron chi connectivity index (χ2n) is 3.96. The molecule has 0 aliphatic rings. The molecule has 1 aromatic rings. The average Bonchev–Trinajstić information content (AvgIpc) is 2.42. The Bertz CT molecular complexity index is 372. The van der Waals surface area contributed by atoms with E-state index in [0.717, 1.165) is 10.0 Å². The van der Waals surface area contributed by atoms with E-state index in [-0.39, 0.29) is 19.8 Å². The molecule has 0 heterocycles. The Hall–Kier alpha value is -0.660. The van der Waals surface area contributed by atoms with Gasteiger partial charge in [-0.25, -0.2) is 0 Å². The van der Waals surface area contributed by atoms with Crippen LogP contribution in [0.4, 0.5) is 0 Å². The van der Waals surface area contributed by atoms with Crippen molar-refractivity contribution in [3.05, 3.63) is 28.2 Å². The number of methoxy groups -OCH3 is 1. The number of aliphatic hydroxyl groups excluding tert-OH is 2. The molecule has 6 heteroatoms. The highest BCUT2D eigenvalue weighted by Crippen LogP contribution is 2.26.